The first-order valence-electron chi connectivity index (χ1n) is 11.6. The van der Waals surface area contributed by atoms with Gasteiger partial charge in [-0.25, -0.2) is 0 Å². The van der Waals surface area contributed by atoms with Gasteiger partial charge in [-0.2, -0.15) is 0 Å². The number of hydrogen-bond donors (Lipinski definition) is 1. The van der Waals surface area contributed by atoms with Crippen LogP contribution in [0.5, 0.6) is 11.5 Å². The molecule has 1 amide bonds. The molecule has 4 heterocycles. The number of ether oxygens (including phenoxy) is 1. The normalized spacial score (nSPS) is 24.5. The number of pyridine rings is 1. The molecule has 1 N–H and O–H groups in total. The Kier molecular flexibility index (Phi) is 4.30. The van der Waals surface area contributed by atoms with Crippen LogP contribution in [0, 0.1) is 5.92 Å². The fourth-order valence-corrected chi connectivity index (χ4v) is 6.75. The molecule has 1 saturated carbocycles. The van der Waals surface area contributed by atoms with E-state index < -0.39 is 11.2 Å². The van der Waals surface area contributed by atoms with Gasteiger partial charge in [0.1, 0.15) is 18.5 Å². The summed E-state index contributed by atoms with van der Waals surface area (Å²) in [7, 11) is 0. The fourth-order valence-electron chi connectivity index (χ4n) is 5.67. The molecule has 3 atom stereocenters. The Morgan fingerprint density at radius 1 is 1.06 bits per heavy atom. The minimum absolute atomic E-state index is 0.0398. The second-order valence-corrected chi connectivity index (χ2v) is 10.4. The number of carbonyl (C=O) groups is 1. The minimum atomic E-state index is -0.542. The van der Waals surface area contributed by atoms with E-state index in [0.29, 0.717) is 19.2 Å². The number of aromatic hydroxyl groups is 1. The van der Waals surface area contributed by atoms with E-state index in [1.54, 1.807) is 22.6 Å². The van der Waals surface area contributed by atoms with Gasteiger partial charge in [0.25, 0.3) is 5.91 Å². The van der Waals surface area contributed by atoms with E-state index in [-0.39, 0.29) is 23.7 Å². The SMILES string of the molecule is O=C1c2c(O)c(=O)ccn2N2CN1[C@@H]1C[C@@H]1CCOc1cccc3c1[C@H]2c1ccccc1SC3. The quantitative estimate of drug-likeness (QED) is 0.539. The van der Waals surface area contributed by atoms with Crippen molar-refractivity contribution < 1.29 is 14.6 Å². The average Bonchev–Trinajstić information content (AvgIpc) is 3.63. The van der Waals surface area contributed by atoms with E-state index in [4.69, 9.17) is 4.74 Å². The number of carbonyl (C=O) groups excluding carboxylic acids is 1. The molecule has 4 aliphatic rings. The molecule has 2 aromatic carbocycles. The van der Waals surface area contributed by atoms with Gasteiger partial charge >= 0.3 is 0 Å². The summed E-state index contributed by atoms with van der Waals surface area (Å²) >= 11 is 1.79. The van der Waals surface area contributed by atoms with Crippen LogP contribution in [0.1, 0.15) is 46.1 Å². The Bertz CT molecular complexity index is 1400. The van der Waals surface area contributed by atoms with Crippen LogP contribution < -0.4 is 15.2 Å². The first-order chi connectivity index (χ1) is 16.6. The third kappa shape index (κ3) is 2.84. The largest absolute Gasteiger partial charge is 0.502 e. The van der Waals surface area contributed by atoms with Crippen LogP contribution in [0.25, 0.3) is 0 Å². The van der Waals surface area contributed by atoms with E-state index in [1.165, 1.54) is 16.5 Å². The van der Waals surface area contributed by atoms with Gasteiger partial charge in [0.2, 0.25) is 5.43 Å². The Hall–Kier alpha value is -3.39. The van der Waals surface area contributed by atoms with Gasteiger partial charge in [-0.15, -0.1) is 11.8 Å². The van der Waals surface area contributed by atoms with E-state index in [1.807, 2.05) is 29.2 Å². The van der Waals surface area contributed by atoms with Crippen molar-refractivity contribution in [3.63, 3.8) is 0 Å². The van der Waals surface area contributed by atoms with Crippen molar-refractivity contribution in [3.05, 3.63) is 87.3 Å². The molecule has 7 rings (SSSR count). The molecular formula is C26H23N3O4S. The van der Waals surface area contributed by atoms with Crippen LogP contribution >= 0.6 is 11.8 Å². The molecule has 3 aromatic rings. The fraction of sp³-hybridized carbons (Fsp3) is 0.308. The lowest BCUT2D eigenvalue weighted by Gasteiger charge is -2.44. The minimum Gasteiger partial charge on any atom is -0.502 e. The third-order valence-corrected chi connectivity index (χ3v) is 8.59. The zero-order valence-electron chi connectivity index (χ0n) is 18.4. The first kappa shape index (κ1) is 20.0. The van der Waals surface area contributed by atoms with Crippen molar-refractivity contribution in [2.24, 2.45) is 5.92 Å². The lowest BCUT2D eigenvalue weighted by atomic mass is 9.93. The van der Waals surface area contributed by atoms with Gasteiger partial charge in [-0.05, 0) is 42.0 Å². The maximum absolute atomic E-state index is 13.6. The topological polar surface area (TPSA) is 75.0 Å². The number of rotatable bonds is 0. The summed E-state index contributed by atoms with van der Waals surface area (Å²) in [6.45, 7) is 0.962. The van der Waals surface area contributed by atoms with Crippen molar-refractivity contribution in [3.8, 4) is 11.5 Å². The average molecular weight is 474 g/mol. The molecule has 7 nitrogen and oxygen atoms in total. The molecule has 8 heteroatoms. The number of benzene rings is 2. The van der Waals surface area contributed by atoms with Crippen molar-refractivity contribution in [2.75, 3.05) is 18.3 Å². The second-order valence-electron chi connectivity index (χ2n) is 9.34. The van der Waals surface area contributed by atoms with Crippen molar-refractivity contribution in [2.45, 2.75) is 35.6 Å². The van der Waals surface area contributed by atoms with Gasteiger partial charge in [-0.3, -0.25) is 19.3 Å². The number of amides is 1. The number of aromatic nitrogens is 1. The highest BCUT2D eigenvalue weighted by Crippen LogP contribution is 2.48. The van der Waals surface area contributed by atoms with Crippen LogP contribution in [0.15, 0.2) is 64.4 Å². The molecule has 0 saturated heterocycles. The molecule has 1 fully saturated rings. The highest BCUT2D eigenvalue weighted by molar-refractivity contribution is 7.98. The Morgan fingerprint density at radius 2 is 1.94 bits per heavy atom. The summed E-state index contributed by atoms with van der Waals surface area (Å²) in [5.41, 5.74) is 2.88. The predicted octanol–water partition coefficient (Wildman–Crippen LogP) is 3.47. The highest BCUT2D eigenvalue weighted by Gasteiger charge is 2.49. The summed E-state index contributed by atoms with van der Waals surface area (Å²) in [4.78, 5) is 28.9. The van der Waals surface area contributed by atoms with Gasteiger partial charge in [0, 0.05) is 34.5 Å². The molecule has 2 bridgehead atoms. The molecule has 172 valence electrons. The molecule has 0 radical (unpaired) electrons. The van der Waals surface area contributed by atoms with Crippen LogP contribution in [-0.2, 0) is 5.75 Å². The van der Waals surface area contributed by atoms with Gasteiger partial charge in [-0.1, -0.05) is 30.3 Å². The van der Waals surface area contributed by atoms with Crippen molar-refractivity contribution >= 4 is 17.7 Å². The number of hydrogen-bond acceptors (Lipinski definition) is 6. The molecule has 1 aliphatic carbocycles. The number of fused-ring (bicyclic) bond motifs is 9. The standard InChI is InChI=1S/C26H23N3O4S/c30-19-8-10-28-24(25(19)31)26(32)27-14-29(28)23-17-5-1-2-7-21(17)34-13-16-4-3-6-20(22(16)23)33-11-9-15-12-18(15)27/h1-8,10,15,18,23,31H,9,11-14H2/t15-,18+,23+/m0/s1. The monoisotopic (exact) mass is 473 g/mol. The maximum atomic E-state index is 13.6. The summed E-state index contributed by atoms with van der Waals surface area (Å²) in [5.74, 6) is 1.24. The Labute approximate surface area is 200 Å². The number of thioether (sulfide) groups is 1. The molecular weight excluding hydrogens is 450 g/mol. The van der Waals surface area contributed by atoms with Crippen LogP contribution in [0.3, 0.4) is 0 Å². The molecule has 3 aliphatic heterocycles. The highest BCUT2D eigenvalue weighted by atomic mass is 32.2. The van der Waals surface area contributed by atoms with Crippen molar-refractivity contribution in [1.29, 1.82) is 0 Å². The third-order valence-electron chi connectivity index (χ3n) is 7.45. The Balaban J connectivity index is 1.54. The summed E-state index contributed by atoms with van der Waals surface area (Å²) in [5, 5.41) is 12.9. The summed E-state index contributed by atoms with van der Waals surface area (Å²) < 4.78 is 8.08. The number of nitrogens with zero attached hydrogens (tertiary/aromatic N) is 3. The van der Waals surface area contributed by atoms with Crippen LogP contribution in [0.2, 0.25) is 0 Å². The molecule has 34 heavy (non-hydrogen) atoms. The summed E-state index contributed by atoms with van der Waals surface area (Å²) in [6.07, 6.45) is 3.38. The first-order valence-corrected chi connectivity index (χ1v) is 12.6. The lowest BCUT2D eigenvalue weighted by Crippen LogP contribution is -2.56. The molecule has 0 unspecified atom stereocenters. The van der Waals surface area contributed by atoms with E-state index >= 15 is 0 Å². The Morgan fingerprint density at radius 3 is 2.85 bits per heavy atom. The van der Waals surface area contributed by atoms with Gasteiger partial charge in [0.15, 0.2) is 11.4 Å². The molecule has 1 aromatic heterocycles. The van der Waals surface area contributed by atoms with Crippen LogP contribution in [-0.4, -0.2) is 39.9 Å². The smallest absolute Gasteiger partial charge is 0.278 e. The van der Waals surface area contributed by atoms with E-state index in [0.717, 1.165) is 35.5 Å². The summed E-state index contributed by atoms with van der Waals surface area (Å²) in [6, 6.07) is 15.7. The predicted molar refractivity (Wildman–Crippen MR) is 128 cm³/mol. The van der Waals surface area contributed by atoms with Crippen LogP contribution in [0.4, 0.5) is 0 Å². The maximum Gasteiger partial charge on any atom is 0.278 e. The zero-order chi connectivity index (χ0) is 23.0. The lowest BCUT2D eigenvalue weighted by molar-refractivity contribution is 0.0653. The van der Waals surface area contributed by atoms with E-state index in [2.05, 4.69) is 23.2 Å². The second kappa shape index (κ2) is 7.30. The zero-order valence-corrected chi connectivity index (χ0v) is 19.2. The van der Waals surface area contributed by atoms with Crippen molar-refractivity contribution in [1.82, 2.24) is 9.58 Å². The van der Waals surface area contributed by atoms with E-state index in [9.17, 15) is 14.7 Å². The van der Waals surface area contributed by atoms with Gasteiger partial charge in [0.05, 0.1) is 6.61 Å². The van der Waals surface area contributed by atoms with Gasteiger partial charge < -0.3 is 14.7 Å². The molecule has 0 spiro atoms.